The number of rotatable bonds is 4. The van der Waals surface area contributed by atoms with Crippen LogP contribution in [0.3, 0.4) is 0 Å². The molecule has 20 heavy (non-hydrogen) atoms. The predicted molar refractivity (Wildman–Crippen MR) is 74.2 cm³/mol. The molecule has 2 N–H and O–H groups in total. The van der Waals surface area contributed by atoms with E-state index in [4.69, 9.17) is 10.2 Å². The van der Waals surface area contributed by atoms with Crippen molar-refractivity contribution in [3.8, 4) is 0 Å². The summed E-state index contributed by atoms with van der Waals surface area (Å²) in [4.78, 5) is 24.6. The molecule has 6 heteroatoms. The van der Waals surface area contributed by atoms with E-state index in [-0.39, 0.29) is 30.6 Å². The molecule has 0 spiro atoms. The summed E-state index contributed by atoms with van der Waals surface area (Å²) in [6.45, 7) is 0.269. The third-order valence-corrected chi connectivity index (χ3v) is 2.98. The highest BCUT2D eigenvalue weighted by Crippen LogP contribution is 2.22. The molecule has 0 radical (unpaired) electrons. The van der Waals surface area contributed by atoms with Crippen molar-refractivity contribution in [2.75, 3.05) is 26.4 Å². The van der Waals surface area contributed by atoms with E-state index in [1.165, 1.54) is 12.0 Å². The molecule has 1 aromatic heterocycles. The van der Waals surface area contributed by atoms with Gasteiger partial charge in [-0.3, -0.25) is 9.59 Å². The number of methoxy groups -OCH3 is 1. The summed E-state index contributed by atoms with van der Waals surface area (Å²) < 4.78 is 10.0. The van der Waals surface area contributed by atoms with Crippen LogP contribution in [0.25, 0.3) is 11.0 Å². The number of amides is 1. The molecule has 0 saturated carbocycles. The summed E-state index contributed by atoms with van der Waals surface area (Å²) in [5, 5.41) is 0.773. The van der Waals surface area contributed by atoms with E-state index >= 15 is 0 Å². The molecular formula is C14H16N2O4. The molecule has 0 bridgehead atoms. The maximum absolute atomic E-state index is 12.1. The smallest absolute Gasteiger partial charge is 0.307 e. The average Bonchev–Trinajstić information content (AvgIpc) is 2.86. The molecule has 1 amide bonds. The third kappa shape index (κ3) is 2.90. The second-order valence-electron chi connectivity index (χ2n) is 4.46. The highest BCUT2D eigenvalue weighted by atomic mass is 16.5. The fourth-order valence-electron chi connectivity index (χ4n) is 1.82. The quantitative estimate of drug-likeness (QED) is 0.678. The van der Waals surface area contributed by atoms with Gasteiger partial charge in [-0.25, -0.2) is 0 Å². The first-order valence-corrected chi connectivity index (χ1v) is 6.12. The van der Waals surface area contributed by atoms with Crippen LogP contribution in [0.15, 0.2) is 28.7 Å². The van der Waals surface area contributed by atoms with Gasteiger partial charge in [0.15, 0.2) is 5.76 Å². The van der Waals surface area contributed by atoms with E-state index in [1.807, 2.05) is 0 Å². The minimum atomic E-state index is -0.359. The number of ether oxygens (including phenoxy) is 1. The Labute approximate surface area is 116 Å². The van der Waals surface area contributed by atoms with Gasteiger partial charge in [0.25, 0.3) is 5.91 Å². The molecule has 1 aromatic carbocycles. The zero-order chi connectivity index (χ0) is 14.7. The number of furan rings is 1. The van der Waals surface area contributed by atoms with Crippen molar-refractivity contribution in [1.29, 1.82) is 0 Å². The van der Waals surface area contributed by atoms with Crippen LogP contribution >= 0.6 is 0 Å². The number of anilines is 1. The van der Waals surface area contributed by atoms with Crippen LogP contribution < -0.4 is 5.73 Å². The zero-order valence-electron chi connectivity index (χ0n) is 11.4. The van der Waals surface area contributed by atoms with Gasteiger partial charge in [-0.15, -0.1) is 0 Å². The summed E-state index contributed by atoms with van der Waals surface area (Å²) in [5.41, 5.74) is 6.89. The maximum atomic E-state index is 12.1. The van der Waals surface area contributed by atoms with E-state index in [0.717, 1.165) is 5.39 Å². The molecule has 6 nitrogen and oxygen atoms in total. The van der Waals surface area contributed by atoms with E-state index < -0.39 is 0 Å². The summed E-state index contributed by atoms with van der Waals surface area (Å²) in [6, 6.07) is 6.81. The molecule has 0 atom stereocenters. The van der Waals surface area contributed by atoms with Gasteiger partial charge in [0.1, 0.15) is 5.58 Å². The van der Waals surface area contributed by atoms with Gasteiger partial charge < -0.3 is 19.8 Å². The first-order chi connectivity index (χ1) is 9.51. The Bertz CT molecular complexity index is 648. The molecule has 0 aliphatic carbocycles. The van der Waals surface area contributed by atoms with E-state index in [9.17, 15) is 9.59 Å². The van der Waals surface area contributed by atoms with Crippen molar-refractivity contribution in [2.45, 2.75) is 6.42 Å². The summed E-state index contributed by atoms with van der Waals surface area (Å²) in [6.07, 6.45) is 0.145. The summed E-state index contributed by atoms with van der Waals surface area (Å²) in [7, 11) is 2.92. The first kappa shape index (κ1) is 13.9. The number of esters is 1. The number of nitrogens with zero attached hydrogens (tertiary/aromatic N) is 1. The van der Waals surface area contributed by atoms with E-state index in [1.54, 1.807) is 31.3 Å². The molecular weight excluding hydrogens is 260 g/mol. The zero-order valence-corrected chi connectivity index (χ0v) is 11.4. The second kappa shape index (κ2) is 5.64. The largest absolute Gasteiger partial charge is 0.469 e. The molecule has 2 aromatic rings. The number of benzene rings is 1. The van der Waals surface area contributed by atoms with Gasteiger partial charge in [0.05, 0.1) is 13.5 Å². The Morgan fingerprint density at radius 1 is 1.35 bits per heavy atom. The van der Waals surface area contributed by atoms with Gasteiger partial charge >= 0.3 is 5.97 Å². The van der Waals surface area contributed by atoms with Crippen molar-refractivity contribution in [3.05, 3.63) is 30.0 Å². The molecule has 2 rings (SSSR count). The lowest BCUT2D eigenvalue weighted by molar-refractivity contribution is -0.140. The molecule has 106 valence electrons. The number of hydrogen-bond donors (Lipinski definition) is 1. The Morgan fingerprint density at radius 2 is 2.10 bits per heavy atom. The summed E-state index contributed by atoms with van der Waals surface area (Å²) in [5.74, 6) is -0.427. The fourth-order valence-corrected chi connectivity index (χ4v) is 1.82. The number of carbonyl (C=O) groups excluding carboxylic acids is 2. The standard InChI is InChI=1S/C14H16N2O4/c1-16(6-5-13(17)19-2)14(18)12-8-9-7-10(15)3-4-11(9)20-12/h3-4,7-8H,5-6,15H2,1-2H3. The average molecular weight is 276 g/mol. The Morgan fingerprint density at radius 3 is 2.80 bits per heavy atom. The lowest BCUT2D eigenvalue weighted by Gasteiger charge is -2.14. The van der Waals surface area contributed by atoms with Crippen LogP contribution in [0.1, 0.15) is 17.0 Å². The molecule has 0 fully saturated rings. The third-order valence-electron chi connectivity index (χ3n) is 2.98. The maximum Gasteiger partial charge on any atom is 0.307 e. The van der Waals surface area contributed by atoms with Crippen LogP contribution in [-0.2, 0) is 9.53 Å². The van der Waals surface area contributed by atoms with Crippen molar-refractivity contribution < 1.29 is 18.7 Å². The van der Waals surface area contributed by atoms with Gasteiger partial charge in [0.2, 0.25) is 0 Å². The normalized spacial score (nSPS) is 10.5. The molecule has 0 unspecified atom stereocenters. The summed E-state index contributed by atoms with van der Waals surface area (Å²) >= 11 is 0. The van der Waals surface area contributed by atoms with Gasteiger partial charge in [-0.05, 0) is 24.3 Å². The molecule has 1 heterocycles. The van der Waals surface area contributed by atoms with Crippen LogP contribution in [0.4, 0.5) is 5.69 Å². The topological polar surface area (TPSA) is 85.8 Å². The van der Waals surface area contributed by atoms with Crippen molar-refractivity contribution in [1.82, 2.24) is 4.90 Å². The Balaban J connectivity index is 2.12. The Hall–Kier alpha value is -2.50. The van der Waals surface area contributed by atoms with Gasteiger partial charge in [-0.1, -0.05) is 0 Å². The predicted octanol–water partition coefficient (Wildman–Crippen LogP) is 1.65. The van der Waals surface area contributed by atoms with Gasteiger partial charge in [-0.2, -0.15) is 0 Å². The number of carbonyl (C=O) groups is 2. The minimum Gasteiger partial charge on any atom is -0.469 e. The number of nitrogen functional groups attached to an aromatic ring is 1. The van der Waals surface area contributed by atoms with Crippen molar-refractivity contribution >= 4 is 28.5 Å². The lowest BCUT2D eigenvalue weighted by atomic mass is 10.2. The first-order valence-electron chi connectivity index (χ1n) is 6.12. The van der Waals surface area contributed by atoms with E-state index in [0.29, 0.717) is 11.3 Å². The van der Waals surface area contributed by atoms with Crippen LogP contribution in [-0.4, -0.2) is 37.5 Å². The number of fused-ring (bicyclic) bond motifs is 1. The van der Waals surface area contributed by atoms with E-state index in [2.05, 4.69) is 4.74 Å². The molecule has 0 saturated heterocycles. The fraction of sp³-hybridized carbons (Fsp3) is 0.286. The molecule has 0 aliphatic heterocycles. The number of nitrogens with two attached hydrogens (primary N) is 1. The van der Waals surface area contributed by atoms with Crippen LogP contribution in [0.2, 0.25) is 0 Å². The second-order valence-corrected chi connectivity index (χ2v) is 4.46. The minimum absolute atomic E-state index is 0.145. The van der Waals surface area contributed by atoms with Crippen molar-refractivity contribution in [2.24, 2.45) is 0 Å². The van der Waals surface area contributed by atoms with Crippen LogP contribution in [0.5, 0.6) is 0 Å². The van der Waals surface area contributed by atoms with Crippen molar-refractivity contribution in [3.63, 3.8) is 0 Å². The SMILES string of the molecule is COC(=O)CCN(C)C(=O)c1cc2cc(N)ccc2o1. The lowest BCUT2D eigenvalue weighted by Crippen LogP contribution is -2.28. The molecule has 0 aliphatic rings. The van der Waals surface area contributed by atoms with Gasteiger partial charge in [0, 0.05) is 24.7 Å². The Kier molecular flexibility index (Phi) is 3.93. The highest BCUT2D eigenvalue weighted by Gasteiger charge is 2.17. The monoisotopic (exact) mass is 276 g/mol. The highest BCUT2D eigenvalue weighted by molar-refractivity contribution is 5.96. The van der Waals surface area contributed by atoms with Crippen LogP contribution in [0, 0.1) is 0 Å². The number of hydrogen-bond acceptors (Lipinski definition) is 5.